The lowest BCUT2D eigenvalue weighted by molar-refractivity contribution is -0.122. The number of primary amides is 1. The molecule has 0 aliphatic heterocycles. The van der Waals surface area contributed by atoms with Gasteiger partial charge in [0.25, 0.3) is 0 Å². The summed E-state index contributed by atoms with van der Waals surface area (Å²) in [7, 11) is 0. The van der Waals surface area contributed by atoms with Gasteiger partial charge >= 0.3 is 6.03 Å². The summed E-state index contributed by atoms with van der Waals surface area (Å²) < 4.78 is 0. The molecule has 0 unspecified atom stereocenters. The van der Waals surface area contributed by atoms with E-state index in [1.807, 2.05) is 18.2 Å². The van der Waals surface area contributed by atoms with Crippen molar-refractivity contribution in [1.82, 2.24) is 10.6 Å². The zero-order chi connectivity index (χ0) is 15.7. The van der Waals surface area contributed by atoms with Gasteiger partial charge in [-0.2, -0.15) is 0 Å². The molecular weight excluding hydrogens is 302 g/mol. The second kappa shape index (κ2) is 6.16. The van der Waals surface area contributed by atoms with Crippen molar-refractivity contribution in [2.45, 2.75) is 44.2 Å². The number of rotatable bonds is 3. The molecule has 6 heteroatoms. The Morgan fingerprint density at radius 2 is 2.00 bits per heavy atom. The number of fused-ring (bicyclic) bond motifs is 1. The van der Waals surface area contributed by atoms with Gasteiger partial charge in [0.05, 0.1) is 12.0 Å². The number of aryl methyl sites for hydroxylation is 1. The molecule has 4 N–H and O–H groups in total. The zero-order valence-electron chi connectivity index (χ0n) is 12.3. The lowest BCUT2D eigenvalue weighted by Crippen LogP contribution is -2.47. The van der Waals surface area contributed by atoms with E-state index in [0.717, 1.165) is 42.7 Å². The smallest absolute Gasteiger partial charge is 0.315 e. The van der Waals surface area contributed by atoms with E-state index in [2.05, 4.69) is 10.6 Å². The lowest BCUT2D eigenvalue weighted by Gasteiger charge is -2.21. The van der Waals surface area contributed by atoms with Crippen molar-refractivity contribution in [3.05, 3.63) is 34.3 Å². The topological polar surface area (TPSA) is 84.2 Å². The van der Waals surface area contributed by atoms with Gasteiger partial charge in [-0.1, -0.05) is 24.1 Å². The molecular formula is C16H20ClN3O2. The van der Waals surface area contributed by atoms with Gasteiger partial charge in [-0.15, -0.1) is 0 Å². The number of carbonyl (C=O) groups is 2. The molecule has 0 spiro atoms. The van der Waals surface area contributed by atoms with Crippen molar-refractivity contribution < 1.29 is 9.59 Å². The molecule has 0 aromatic heterocycles. The van der Waals surface area contributed by atoms with E-state index in [0.29, 0.717) is 0 Å². The van der Waals surface area contributed by atoms with Crippen molar-refractivity contribution in [1.29, 1.82) is 0 Å². The molecule has 1 saturated carbocycles. The van der Waals surface area contributed by atoms with Crippen LogP contribution in [0.3, 0.4) is 0 Å². The molecule has 3 atom stereocenters. The summed E-state index contributed by atoms with van der Waals surface area (Å²) in [6.45, 7) is 0. The first-order chi connectivity index (χ1) is 10.5. The monoisotopic (exact) mass is 321 g/mol. The van der Waals surface area contributed by atoms with Crippen LogP contribution in [0.1, 0.15) is 42.9 Å². The van der Waals surface area contributed by atoms with Crippen molar-refractivity contribution in [3.8, 4) is 0 Å². The number of amides is 3. The summed E-state index contributed by atoms with van der Waals surface area (Å²) in [5.41, 5.74) is 7.69. The first-order valence-electron chi connectivity index (χ1n) is 7.69. The van der Waals surface area contributed by atoms with Crippen LogP contribution in [0.5, 0.6) is 0 Å². The van der Waals surface area contributed by atoms with Crippen molar-refractivity contribution >= 4 is 23.5 Å². The molecule has 0 radical (unpaired) electrons. The van der Waals surface area contributed by atoms with Gasteiger partial charge < -0.3 is 16.4 Å². The average molecular weight is 322 g/mol. The molecule has 0 saturated heterocycles. The second-order valence-electron chi connectivity index (χ2n) is 6.10. The summed E-state index contributed by atoms with van der Waals surface area (Å²) in [4.78, 5) is 23.6. The Hall–Kier alpha value is -1.75. The minimum Gasteiger partial charge on any atom is -0.369 e. The second-order valence-corrected chi connectivity index (χ2v) is 6.53. The normalized spacial score (nSPS) is 26.5. The Bertz CT molecular complexity index is 605. The van der Waals surface area contributed by atoms with Gasteiger partial charge in [-0.3, -0.25) is 4.79 Å². The van der Waals surface area contributed by atoms with E-state index in [-0.39, 0.29) is 29.9 Å². The Kier molecular flexibility index (Phi) is 4.25. The maximum Gasteiger partial charge on any atom is 0.315 e. The number of benzene rings is 1. The van der Waals surface area contributed by atoms with Gasteiger partial charge in [-0.25, -0.2) is 4.79 Å². The fourth-order valence-electron chi connectivity index (χ4n) is 3.58. The summed E-state index contributed by atoms with van der Waals surface area (Å²) >= 11 is 5.99. The SMILES string of the molecule is NC(=O)[C@@H]1CCC[C@H]1NC(=O)N[C@H]1CCc2cc(Cl)ccc21. The zero-order valence-corrected chi connectivity index (χ0v) is 13.0. The fourth-order valence-corrected chi connectivity index (χ4v) is 3.77. The summed E-state index contributed by atoms with van der Waals surface area (Å²) in [5.74, 6) is -0.580. The maximum atomic E-state index is 12.2. The van der Waals surface area contributed by atoms with E-state index in [1.54, 1.807) is 0 Å². The third-order valence-corrected chi connectivity index (χ3v) is 4.92. The molecule has 22 heavy (non-hydrogen) atoms. The van der Waals surface area contributed by atoms with Gasteiger partial charge in [0.1, 0.15) is 0 Å². The summed E-state index contributed by atoms with van der Waals surface area (Å²) in [6.07, 6.45) is 4.26. The highest BCUT2D eigenvalue weighted by Crippen LogP contribution is 2.33. The lowest BCUT2D eigenvalue weighted by atomic mass is 10.0. The first-order valence-corrected chi connectivity index (χ1v) is 8.07. The van der Waals surface area contributed by atoms with Gasteiger partial charge in [0.15, 0.2) is 0 Å². The summed E-state index contributed by atoms with van der Waals surface area (Å²) in [6, 6.07) is 5.39. The molecule has 0 bridgehead atoms. The average Bonchev–Trinajstić information content (AvgIpc) is 3.06. The number of nitrogens with two attached hydrogens (primary N) is 1. The molecule has 118 valence electrons. The first kappa shape index (κ1) is 15.2. The Morgan fingerprint density at radius 3 is 2.77 bits per heavy atom. The van der Waals surface area contributed by atoms with Crippen LogP contribution in [0, 0.1) is 5.92 Å². The minimum absolute atomic E-state index is 0.000646. The van der Waals surface area contributed by atoms with Crippen LogP contribution in [-0.2, 0) is 11.2 Å². The maximum absolute atomic E-state index is 12.2. The number of hydrogen-bond acceptors (Lipinski definition) is 2. The van der Waals surface area contributed by atoms with Crippen molar-refractivity contribution in [2.75, 3.05) is 0 Å². The van der Waals surface area contributed by atoms with E-state index >= 15 is 0 Å². The molecule has 3 rings (SSSR count). The third-order valence-electron chi connectivity index (χ3n) is 4.69. The number of hydrogen-bond donors (Lipinski definition) is 3. The van der Waals surface area contributed by atoms with Gasteiger partial charge in [0.2, 0.25) is 5.91 Å². The number of halogens is 1. The quantitative estimate of drug-likeness (QED) is 0.798. The largest absolute Gasteiger partial charge is 0.369 e. The van der Waals surface area contributed by atoms with Crippen LogP contribution in [0.2, 0.25) is 5.02 Å². The molecule has 2 aliphatic carbocycles. The highest BCUT2D eigenvalue weighted by molar-refractivity contribution is 6.30. The third kappa shape index (κ3) is 3.04. The van der Waals surface area contributed by atoms with Crippen molar-refractivity contribution in [2.24, 2.45) is 11.7 Å². The summed E-state index contributed by atoms with van der Waals surface area (Å²) in [5, 5.41) is 6.62. The van der Waals surface area contributed by atoms with Crippen LogP contribution >= 0.6 is 11.6 Å². The Balaban J connectivity index is 1.61. The van der Waals surface area contributed by atoms with E-state index in [1.165, 1.54) is 5.56 Å². The van der Waals surface area contributed by atoms with E-state index in [4.69, 9.17) is 17.3 Å². The standard InChI is InChI=1S/C16H20ClN3O2/c17-10-5-6-11-9(8-10)4-7-14(11)20-16(22)19-13-3-1-2-12(13)15(18)21/h5-6,8,12-14H,1-4,7H2,(H2,18,21)(H2,19,20,22)/t12-,13-,14+/m1/s1. The molecule has 1 fully saturated rings. The Morgan fingerprint density at radius 1 is 1.18 bits per heavy atom. The van der Waals surface area contributed by atoms with Crippen LogP contribution < -0.4 is 16.4 Å². The predicted octanol–water partition coefficient (Wildman–Crippen LogP) is 2.28. The van der Waals surface area contributed by atoms with Crippen molar-refractivity contribution in [3.63, 3.8) is 0 Å². The highest BCUT2D eigenvalue weighted by Gasteiger charge is 2.33. The highest BCUT2D eigenvalue weighted by atomic mass is 35.5. The predicted molar refractivity (Wildman–Crippen MR) is 84.5 cm³/mol. The van der Waals surface area contributed by atoms with E-state index in [9.17, 15) is 9.59 Å². The van der Waals surface area contributed by atoms with E-state index < -0.39 is 0 Å². The number of urea groups is 1. The minimum atomic E-state index is -0.330. The van der Waals surface area contributed by atoms with Gasteiger partial charge in [0, 0.05) is 11.1 Å². The number of carbonyl (C=O) groups excluding carboxylic acids is 2. The number of nitrogens with one attached hydrogen (secondary N) is 2. The van der Waals surface area contributed by atoms with Crippen LogP contribution in [0.15, 0.2) is 18.2 Å². The van der Waals surface area contributed by atoms with Crippen LogP contribution in [0.4, 0.5) is 4.79 Å². The molecule has 2 aliphatic rings. The molecule has 1 aromatic rings. The van der Waals surface area contributed by atoms with Gasteiger partial charge in [-0.05, 0) is 48.9 Å². The molecule has 1 aromatic carbocycles. The fraction of sp³-hybridized carbons (Fsp3) is 0.500. The van der Waals surface area contributed by atoms with Crippen LogP contribution in [0.25, 0.3) is 0 Å². The molecule has 0 heterocycles. The molecule has 5 nitrogen and oxygen atoms in total. The Labute approximate surface area is 134 Å². The van der Waals surface area contributed by atoms with Crippen LogP contribution in [-0.4, -0.2) is 18.0 Å². The molecule has 3 amide bonds.